The molecule has 0 fully saturated rings. The lowest BCUT2D eigenvalue weighted by atomic mass is 10.0. The summed E-state index contributed by atoms with van der Waals surface area (Å²) in [7, 11) is 2.03. The molecule has 0 amide bonds. The molecule has 0 aliphatic heterocycles. The van der Waals surface area contributed by atoms with E-state index in [2.05, 4.69) is 21.8 Å². The summed E-state index contributed by atoms with van der Waals surface area (Å²) in [5, 5.41) is 3.47. The van der Waals surface area contributed by atoms with Crippen molar-refractivity contribution in [2.24, 2.45) is 7.05 Å². The molecular weight excluding hydrogens is 214 g/mol. The van der Waals surface area contributed by atoms with Crippen molar-refractivity contribution in [2.75, 3.05) is 6.54 Å². The normalized spacial score (nSPS) is 12.8. The third-order valence-corrected chi connectivity index (χ3v) is 2.97. The molecular formula is C13H19N3O. The quantitative estimate of drug-likeness (QED) is 0.832. The molecule has 0 radical (unpaired) electrons. The van der Waals surface area contributed by atoms with Gasteiger partial charge in [-0.3, -0.25) is 0 Å². The second-order valence-electron chi connectivity index (χ2n) is 4.16. The van der Waals surface area contributed by atoms with Gasteiger partial charge < -0.3 is 14.3 Å². The summed E-state index contributed by atoms with van der Waals surface area (Å²) >= 11 is 0. The lowest BCUT2D eigenvalue weighted by Gasteiger charge is -2.15. The van der Waals surface area contributed by atoms with Crippen molar-refractivity contribution >= 4 is 0 Å². The van der Waals surface area contributed by atoms with Crippen LogP contribution in [0.25, 0.3) is 0 Å². The smallest absolute Gasteiger partial charge is 0.108 e. The van der Waals surface area contributed by atoms with E-state index in [-0.39, 0.29) is 0 Å². The van der Waals surface area contributed by atoms with Crippen molar-refractivity contribution < 1.29 is 4.42 Å². The molecule has 0 saturated carbocycles. The highest BCUT2D eigenvalue weighted by Gasteiger charge is 2.12. The molecule has 1 atom stereocenters. The molecule has 0 aliphatic rings. The number of aromatic nitrogens is 2. The fourth-order valence-electron chi connectivity index (χ4n) is 2.02. The molecule has 92 valence electrons. The van der Waals surface area contributed by atoms with E-state index < -0.39 is 0 Å². The van der Waals surface area contributed by atoms with Crippen LogP contribution in [0.4, 0.5) is 0 Å². The molecule has 4 heteroatoms. The number of nitrogens with zero attached hydrogens (tertiary/aromatic N) is 2. The number of nitrogens with one attached hydrogen (secondary N) is 1. The lowest BCUT2D eigenvalue weighted by molar-refractivity contribution is 0.494. The van der Waals surface area contributed by atoms with Gasteiger partial charge in [0.2, 0.25) is 0 Å². The topological polar surface area (TPSA) is 43.0 Å². The van der Waals surface area contributed by atoms with Crippen LogP contribution in [0, 0.1) is 0 Å². The Morgan fingerprint density at radius 3 is 3.00 bits per heavy atom. The van der Waals surface area contributed by atoms with E-state index in [1.807, 2.05) is 31.8 Å². The SMILES string of the molecule is CCNC(CCc1nccn1C)c1ccoc1. The molecule has 4 nitrogen and oxygen atoms in total. The molecule has 2 aromatic rings. The predicted molar refractivity (Wildman–Crippen MR) is 66.7 cm³/mol. The summed E-state index contributed by atoms with van der Waals surface area (Å²) in [6, 6.07) is 2.36. The van der Waals surface area contributed by atoms with E-state index >= 15 is 0 Å². The van der Waals surface area contributed by atoms with E-state index in [9.17, 15) is 0 Å². The summed E-state index contributed by atoms with van der Waals surface area (Å²) in [5.41, 5.74) is 1.21. The third-order valence-electron chi connectivity index (χ3n) is 2.97. The number of imidazole rings is 1. The van der Waals surface area contributed by atoms with Gasteiger partial charge in [-0.15, -0.1) is 0 Å². The predicted octanol–water partition coefficient (Wildman–Crippen LogP) is 2.30. The van der Waals surface area contributed by atoms with Gasteiger partial charge in [0.15, 0.2) is 0 Å². The lowest BCUT2D eigenvalue weighted by Crippen LogP contribution is -2.21. The molecule has 2 rings (SSSR count). The minimum absolute atomic E-state index is 0.343. The summed E-state index contributed by atoms with van der Waals surface area (Å²) in [5.74, 6) is 1.12. The van der Waals surface area contributed by atoms with Crippen LogP contribution in [0.3, 0.4) is 0 Å². The van der Waals surface area contributed by atoms with Crippen molar-refractivity contribution in [1.82, 2.24) is 14.9 Å². The first-order chi connectivity index (χ1) is 8.31. The number of rotatable bonds is 6. The van der Waals surface area contributed by atoms with Crippen LogP contribution in [0.5, 0.6) is 0 Å². The van der Waals surface area contributed by atoms with E-state index in [0.717, 1.165) is 25.2 Å². The standard InChI is InChI=1S/C13H19N3O/c1-3-14-12(11-6-9-17-10-11)4-5-13-15-7-8-16(13)2/h6-10,12,14H,3-5H2,1-2H3. The largest absolute Gasteiger partial charge is 0.472 e. The first-order valence-corrected chi connectivity index (χ1v) is 6.03. The van der Waals surface area contributed by atoms with Crippen LogP contribution in [0.2, 0.25) is 0 Å². The van der Waals surface area contributed by atoms with Crippen LogP contribution in [-0.2, 0) is 13.5 Å². The molecule has 2 heterocycles. The Morgan fingerprint density at radius 1 is 1.53 bits per heavy atom. The van der Waals surface area contributed by atoms with E-state index in [1.54, 1.807) is 6.26 Å². The summed E-state index contributed by atoms with van der Waals surface area (Å²) in [4.78, 5) is 4.34. The Balaban J connectivity index is 1.97. The van der Waals surface area contributed by atoms with Gasteiger partial charge in [0.25, 0.3) is 0 Å². The zero-order chi connectivity index (χ0) is 12.1. The number of hydrogen-bond acceptors (Lipinski definition) is 3. The van der Waals surface area contributed by atoms with Gasteiger partial charge in [0, 0.05) is 37.5 Å². The summed E-state index contributed by atoms with van der Waals surface area (Å²) < 4.78 is 7.21. The molecule has 0 spiro atoms. The summed E-state index contributed by atoms with van der Waals surface area (Å²) in [6.45, 7) is 3.07. The monoisotopic (exact) mass is 233 g/mol. The van der Waals surface area contributed by atoms with E-state index in [0.29, 0.717) is 6.04 Å². The van der Waals surface area contributed by atoms with Crippen molar-refractivity contribution in [1.29, 1.82) is 0 Å². The minimum atomic E-state index is 0.343. The van der Waals surface area contributed by atoms with Gasteiger partial charge in [-0.2, -0.15) is 0 Å². The molecule has 2 aromatic heterocycles. The molecule has 0 aromatic carbocycles. The second kappa shape index (κ2) is 5.68. The van der Waals surface area contributed by atoms with Gasteiger partial charge in [0.05, 0.1) is 12.5 Å². The maximum absolute atomic E-state index is 5.14. The van der Waals surface area contributed by atoms with Crippen molar-refractivity contribution in [3.8, 4) is 0 Å². The average Bonchev–Trinajstić information content (AvgIpc) is 2.96. The highest BCUT2D eigenvalue weighted by atomic mass is 16.3. The van der Waals surface area contributed by atoms with Gasteiger partial charge in [-0.25, -0.2) is 4.98 Å². The Kier molecular flexibility index (Phi) is 3.98. The Labute approximate surface area is 102 Å². The molecule has 0 saturated heterocycles. The number of furan rings is 1. The second-order valence-corrected chi connectivity index (χ2v) is 4.16. The highest BCUT2D eigenvalue weighted by Crippen LogP contribution is 2.19. The molecule has 1 unspecified atom stereocenters. The zero-order valence-electron chi connectivity index (χ0n) is 10.4. The van der Waals surface area contributed by atoms with Crippen LogP contribution >= 0.6 is 0 Å². The number of hydrogen-bond donors (Lipinski definition) is 1. The maximum atomic E-state index is 5.14. The van der Waals surface area contributed by atoms with Crippen molar-refractivity contribution in [3.63, 3.8) is 0 Å². The highest BCUT2D eigenvalue weighted by molar-refractivity contribution is 5.12. The Bertz CT molecular complexity index is 433. The fraction of sp³-hybridized carbons (Fsp3) is 0.462. The van der Waals surface area contributed by atoms with Gasteiger partial charge in [-0.05, 0) is 19.0 Å². The van der Waals surface area contributed by atoms with Crippen LogP contribution in [-0.4, -0.2) is 16.1 Å². The summed E-state index contributed by atoms with van der Waals surface area (Å²) in [6.07, 6.45) is 9.35. The molecule has 1 N–H and O–H groups in total. The van der Waals surface area contributed by atoms with Crippen LogP contribution in [0.1, 0.15) is 30.8 Å². The maximum Gasteiger partial charge on any atom is 0.108 e. The Hall–Kier alpha value is -1.55. The molecule has 17 heavy (non-hydrogen) atoms. The first kappa shape index (κ1) is 11.9. The minimum Gasteiger partial charge on any atom is -0.472 e. The molecule has 0 bridgehead atoms. The van der Waals surface area contributed by atoms with Gasteiger partial charge >= 0.3 is 0 Å². The third kappa shape index (κ3) is 2.97. The van der Waals surface area contributed by atoms with Crippen LogP contribution < -0.4 is 5.32 Å². The number of aryl methyl sites for hydroxylation is 2. The fourth-order valence-corrected chi connectivity index (χ4v) is 2.02. The Morgan fingerprint density at radius 2 is 2.41 bits per heavy atom. The average molecular weight is 233 g/mol. The first-order valence-electron chi connectivity index (χ1n) is 6.03. The van der Waals surface area contributed by atoms with Crippen molar-refractivity contribution in [2.45, 2.75) is 25.8 Å². The van der Waals surface area contributed by atoms with E-state index in [1.165, 1.54) is 5.56 Å². The van der Waals surface area contributed by atoms with E-state index in [4.69, 9.17) is 4.42 Å². The van der Waals surface area contributed by atoms with Crippen molar-refractivity contribution in [3.05, 3.63) is 42.4 Å². The van der Waals surface area contributed by atoms with Gasteiger partial charge in [-0.1, -0.05) is 6.92 Å². The zero-order valence-corrected chi connectivity index (χ0v) is 10.4. The molecule has 0 aliphatic carbocycles. The van der Waals surface area contributed by atoms with Gasteiger partial charge in [0.1, 0.15) is 5.82 Å². The van der Waals surface area contributed by atoms with Crippen LogP contribution in [0.15, 0.2) is 35.4 Å².